The highest BCUT2D eigenvalue weighted by Crippen LogP contribution is 2.36. The fraction of sp³-hybridized carbons (Fsp3) is 0.350. The summed E-state index contributed by atoms with van der Waals surface area (Å²) in [5.41, 5.74) is 1.06. The predicted molar refractivity (Wildman–Crippen MR) is 110 cm³/mol. The van der Waals surface area contributed by atoms with Gasteiger partial charge in [-0.05, 0) is 30.7 Å². The number of anilines is 2. The van der Waals surface area contributed by atoms with Gasteiger partial charge in [0.2, 0.25) is 22.7 Å². The molecule has 0 radical (unpaired) electrons. The van der Waals surface area contributed by atoms with Crippen molar-refractivity contribution in [2.24, 2.45) is 0 Å². The van der Waals surface area contributed by atoms with Crippen LogP contribution in [0, 0.1) is 0 Å². The van der Waals surface area contributed by atoms with Crippen molar-refractivity contribution >= 4 is 27.3 Å². The monoisotopic (exact) mass is 434 g/mol. The van der Waals surface area contributed by atoms with Crippen molar-refractivity contribution in [1.29, 1.82) is 0 Å². The Hall–Kier alpha value is -3.14. The molecule has 2 aliphatic rings. The fourth-order valence-electron chi connectivity index (χ4n) is 3.25. The van der Waals surface area contributed by atoms with E-state index in [2.05, 4.69) is 5.32 Å². The second-order valence-corrected chi connectivity index (χ2v) is 8.79. The van der Waals surface area contributed by atoms with Gasteiger partial charge in [-0.2, -0.15) is 0 Å². The van der Waals surface area contributed by atoms with Crippen molar-refractivity contribution in [2.45, 2.75) is 12.8 Å². The minimum absolute atomic E-state index is 0.109. The lowest BCUT2D eigenvalue weighted by molar-refractivity contribution is -0.116. The number of fused-ring (bicyclic) bond motifs is 2. The molecule has 1 amide bonds. The van der Waals surface area contributed by atoms with Gasteiger partial charge in [-0.25, -0.2) is 8.42 Å². The van der Waals surface area contributed by atoms with Gasteiger partial charge in [0, 0.05) is 30.8 Å². The van der Waals surface area contributed by atoms with E-state index in [0.717, 1.165) is 6.26 Å². The van der Waals surface area contributed by atoms with Crippen molar-refractivity contribution in [3.63, 3.8) is 0 Å². The number of hydrogen-bond donors (Lipinski definition) is 1. The summed E-state index contributed by atoms with van der Waals surface area (Å²) in [6.45, 7) is 1.23. The third-order valence-electron chi connectivity index (χ3n) is 4.64. The first-order valence-electron chi connectivity index (χ1n) is 9.47. The Kier molecular flexibility index (Phi) is 5.58. The smallest absolute Gasteiger partial charge is 0.232 e. The number of amides is 1. The van der Waals surface area contributed by atoms with Crippen LogP contribution in [0.4, 0.5) is 11.4 Å². The second kappa shape index (κ2) is 8.31. The predicted octanol–water partition coefficient (Wildman–Crippen LogP) is 2.37. The zero-order valence-corrected chi connectivity index (χ0v) is 17.2. The van der Waals surface area contributed by atoms with Crippen molar-refractivity contribution in [3.8, 4) is 23.0 Å². The van der Waals surface area contributed by atoms with Crippen molar-refractivity contribution in [3.05, 3.63) is 36.4 Å². The molecule has 0 saturated carbocycles. The first kappa shape index (κ1) is 20.1. The Morgan fingerprint density at radius 1 is 0.967 bits per heavy atom. The van der Waals surface area contributed by atoms with Crippen LogP contribution < -0.4 is 28.6 Å². The minimum Gasteiger partial charge on any atom is -0.486 e. The average Bonchev–Trinajstić information content (AvgIpc) is 3.18. The molecular weight excluding hydrogens is 412 g/mol. The molecular formula is C20H22N2O7S. The quantitative estimate of drug-likeness (QED) is 0.714. The van der Waals surface area contributed by atoms with Crippen molar-refractivity contribution in [1.82, 2.24) is 0 Å². The van der Waals surface area contributed by atoms with Crippen LogP contribution in [-0.4, -0.2) is 47.1 Å². The van der Waals surface area contributed by atoms with E-state index in [9.17, 15) is 13.2 Å². The number of benzene rings is 2. The first-order chi connectivity index (χ1) is 14.4. The Bertz CT molecular complexity index is 1060. The molecule has 2 heterocycles. The Morgan fingerprint density at radius 3 is 2.43 bits per heavy atom. The largest absolute Gasteiger partial charge is 0.486 e. The van der Waals surface area contributed by atoms with E-state index in [4.69, 9.17) is 18.9 Å². The summed E-state index contributed by atoms with van der Waals surface area (Å²) in [6.07, 6.45) is 1.63. The van der Waals surface area contributed by atoms with Crippen LogP contribution in [0.15, 0.2) is 36.4 Å². The lowest BCUT2D eigenvalue weighted by Gasteiger charge is -2.22. The molecule has 0 bridgehead atoms. The molecule has 2 aromatic carbocycles. The number of carbonyl (C=O) groups excluding carboxylic acids is 1. The number of sulfonamides is 1. The summed E-state index contributed by atoms with van der Waals surface area (Å²) < 4.78 is 47.3. The molecule has 0 unspecified atom stereocenters. The Balaban J connectivity index is 1.36. The van der Waals surface area contributed by atoms with E-state index in [0.29, 0.717) is 54.0 Å². The lowest BCUT2D eigenvalue weighted by Crippen LogP contribution is -2.31. The second-order valence-electron chi connectivity index (χ2n) is 6.88. The molecule has 0 aliphatic carbocycles. The van der Waals surface area contributed by atoms with Crippen LogP contribution in [0.1, 0.15) is 12.8 Å². The third kappa shape index (κ3) is 4.54. The van der Waals surface area contributed by atoms with Crippen LogP contribution in [0.5, 0.6) is 23.0 Å². The summed E-state index contributed by atoms with van der Waals surface area (Å²) in [7, 11) is -3.53. The molecule has 0 fully saturated rings. The maximum Gasteiger partial charge on any atom is 0.232 e. The molecule has 0 atom stereocenters. The van der Waals surface area contributed by atoms with Crippen LogP contribution in [0.3, 0.4) is 0 Å². The number of ether oxygens (including phenoxy) is 4. The molecule has 0 aromatic heterocycles. The zero-order valence-electron chi connectivity index (χ0n) is 16.4. The van der Waals surface area contributed by atoms with Gasteiger partial charge in [-0.3, -0.25) is 9.10 Å². The topological polar surface area (TPSA) is 103 Å². The van der Waals surface area contributed by atoms with Gasteiger partial charge in [0.1, 0.15) is 13.2 Å². The molecule has 10 heteroatoms. The molecule has 0 saturated heterocycles. The summed E-state index contributed by atoms with van der Waals surface area (Å²) in [5, 5.41) is 2.80. The molecule has 2 aliphatic heterocycles. The summed E-state index contributed by atoms with van der Waals surface area (Å²) in [4.78, 5) is 12.3. The van der Waals surface area contributed by atoms with Gasteiger partial charge in [0.15, 0.2) is 23.0 Å². The van der Waals surface area contributed by atoms with Gasteiger partial charge in [-0.15, -0.1) is 0 Å². The van der Waals surface area contributed by atoms with E-state index in [-0.39, 0.29) is 25.7 Å². The van der Waals surface area contributed by atoms with E-state index >= 15 is 0 Å². The SMILES string of the molecule is CS(=O)(=O)N(CCCC(=O)Nc1ccc2c(c1)OCCO2)c1ccc2c(c1)OCO2. The van der Waals surface area contributed by atoms with Gasteiger partial charge >= 0.3 is 0 Å². The number of rotatable bonds is 7. The summed E-state index contributed by atoms with van der Waals surface area (Å²) in [6, 6.07) is 10.1. The molecule has 30 heavy (non-hydrogen) atoms. The lowest BCUT2D eigenvalue weighted by atomic mass is 10.2. The number of hydrogen-bond acceptors (Lipinski definition) is 7. The number of carbonyl (C=O) groups is 1. The van der Waals surface area contributed by atoms with E-state index in [1.54, 1.807) is 36.4 Å². The highest BCUT2D eigenvalue weighted by molar-refractivity contribution is 7.92. The Labute approximate surface area is 174 Å². The zero-order chi connectivity index (χ0) is 21.1. The molecule has 9 nitrogen and oxygen atoms in total. The average molecular weight is 434 g/mol. The molecule has 4 rings (SSSR count). The number of nitrogens with zero attached hydrogens (tertiary/aromatic N) is 1. The highest BCUT2D eigenvalue weighted by atomic mass is 32.2. The van der Waals surface area contributed by atoms with Gasteiger partial charge in [0.25, 0.3) is 0 Å². The van der Waals surface area contributed by atoms with Gasteiger partial charge < -0.3 is 24.3 Å². The standard InChI is InChI=1S/C20H22N2O7S/c1-30(24,25)22(15-5-7-17-19(12-15)29-13-28-17)8-2-3-20(23)21-14-4-6-16-18(11-14)27-10-9-26-16/h4-7,11-12H,2-3,8-10,13H2,1H3,(H,21,23). The normalized spacial score (nSPS) is 14.3. The van der Waals surface area contributed by atoms with E-state index in [1.807, 2.05) is 0 Å². The third-order valence-corrected chi connectivity index (χ3v) is 5.83. The van der Waals surface area contributed by atoms with E-state index in [1.165, 1.54) is 4.31 Å². The number of nitrogens with one attached hydrogen (secondary N) is 1. The molecule has 2 aromatic rings. The van der Waals surface area contributed by atoms with Crippen molar-refractivity contribution < 1.29 is 32.2 Å². The first-order valence-corrected chi connectivity index (χ1v) is 11.3. The van der Waals surface area contributed by atoms with Crippen LogP contribution in [0.25, 0.3) is 0 Å². The minimum atomic E-state index is -3.53. The van der Waals surface area contributed by atoms with Crippen LogP contribution in [0.2, 0.25) is 0 Å². The molecule has 160 valence electrons. The molecule has 1 N–H and O–H groups in total. The summed E-state index contributed by atoms with van der Waals surface area (Å²) >= 11 is 0. The molecule has 0 spiro atoms. The maximum absolute atomic E-state index is 12.3. The Morgan fingerprint density at radius 2 is 1.63 bits per heavy atom. The summed E-state index contributed by atoms with van der Waals surface area (Å²) in [5.74, 6) is 2.09. The fourth-order valence-corrected chi connectivity index (χ4v) is 4.21. The van der Waals surface area contributed by atoms with E-state index < -0.39 is 10.0 Å². The highest BCUT2D eigenvalue weighted by Gasteiger charge is 2.21. The van der Waals surface area contributed by atoms with Crippen LogP contribution >= 0.6 is 0 Å². The van der Waals surface area contributed by atoms with Gasteiger partial charge in [0.05, 0.1) is 11.9 Å². The van der Waals surface area contributed by atoms with Crippen molar-refractivity contribution in [2.75, 3.05) is 42.4 Å². The van der Waals surface area contributed by atoms with Crippen LogP contribution in [-0.2, 0) is 14.8 Å². The maximum atomic E-state index is 12.3. The van der Waals surface area contributed by atoms with Gasteiger partial charge in [-0.1, -0.05) is 0 Å².